The molecule has 0 spiro atoms. The van der Waals surface area contributed by atoms with Crippen molar-refractivity contribution < 1.29 is 19.0 Å². The van der Waals surface area contributed by atoms with Gasteiger partial charge in [0.2, 0.25) is 0 Å². The molecule has 0 bridgehead atoms. The van der Waals surface area contributed by atoms with E-state index in [1.165, 1.54) is 0 Å². The molecule has 0 unspecified atom stereocenters. The van der Waals surface area contributed by atoms with Crippen LogP contribution >= 0.6 is 0 Å². The van der Waals surface area contributed by atoms with Gasteiger partial charge in [0, 0.05) is 5.92 Å². The molecule has 4 nitrogen and oxygen atoms in total. The molecule has 16 heavy (non-hydrogen) atoms. The number of carbonyl (C=O) groups excluding carboxylic acids is 1. The van der Waals surface area contributed by atoms with E-state index in [4.69, 9.17) is 14.2 Å². The second kappa shape index (κ2) is 2.58. The Hall–Kier alpha value is -0.710. The highest BCUT2D eigenvalue weighted by molar-refractivity contribution is 5.97. The number of hydrogen-bond acceptors (Lipinski definition) is 4. The number of rotatable bonds is 0. The summed E-state index contributed by atoms with van der Waals surface area (Å²) in [5.41, 5.74) is 1.14. The van der Waals surface area contributed by atoms with Crippen molar-refractivity contribution >= 4 is 5.78 Å². The highest BCUT2D eigenvalue weighted by atomic mass is 16.8. The Labute approximate surface area is 93.5 Å². The SMILES string of the molecule is CC1(C)O[C@H]2[C@H]3OCC4=CC(=O)[C@@H]([C@H]2O1)[C@H]43. The van der Waals surface area contributed by atoms with E-state index in [1.807, 2.05) is 13.8 Å². The van der Waals surface area contributed by atoms with Crippen LogP contribution < -0.4 is 0 Å². The Bertz CT molecular complexity index is 411. The summed E-state index contributed by atoms with van der Waals surface area (Å²) in [4.78, 5) is 11.9. The maximum Gasteiger partial charge on any atom is 0.163 e. The summed E-state index contributed by atoms with van der Waals surface area (Å²) in [6, 6.07) is 0. The molecule has 0 aromatic rings. The molecule has 2 heterocycles. The van der Waals surface area contributed by atoms with Crippen LogP contribution in [0.1, 0.15) is 13.8 Å². The molecule has 86 valence electrons. The van der Waals surface area contributed by atoms with Crippen molar-refractivity contribution in [2.24, 2.45) is 11.8 Å². The van der Waals surface area contributed by atoms with Crippen LogP contribution in [0.2, 0.25) is 0 Å². The summed E-state index contributed by atoms with van der Waals surface area (Å²) in [5.74, 6) is -0.232. The molecule has 0 radical (unpaired) electrons. The van der Waals surface area contributed by atoms with Crippen molar-refractivity contribution in [3.63, 3.8) is 0 Å². The van der Waals surface area contributed by atoms with Gasteiger partial charge in [-0.3, -0.25) is 4.79 Å². The molecule has 2 saturated heterocycles. The Morgan fingerprint density at radius 3 is 2.75 bits per heavy atom. The van der Waals surface area contributed by atoms with E-state index < -0.39 is 5.79 Å². The van der Waals surface area contributed by atoms with Gasteiger partial charge in [-0.25, -0.2) is 0 Å². The van der Waals surface area contributed by atoms with Gasteiger partial charge in [0.1, 0.15) is 12.2 Å². The number of carbonyl (C=O) groups is 1. The number of allylic oxidation sites excluding steroid dienone is 1. The number of hydrogen-bond donors (Lipinski definition) is 0. The van der Waals surface area contributed by atoms with Crippen molar-refractivity contribution in [3.8, 4) is 0 Å². The van der Waals surface area contributed by atoms with E-state index in [-0.39, 0.29) is 35.9 Å². The Morgan fingerprint density at radius 1 is 1.19 bits per heavy atom. The van der Waals surface area contributed by atoms with Crippen LogP contribution in [0, 0.1) is 11.8 Å². The minimum absolute atomic E-state index is 0.0227. The molecule has 0 aromatic carbocycles. The number of ether oxygens (including phenoxy) is 3. The van der Waals surface area contributed by atoms with Crippen molar-refractivity contribution in [3.05, 3.63) is 11.6 Å². The van der Waals surface area contributed by atoms with Crippen LogP contribution in [0.3, 0.4) is 0 Å². The predicted molar refractivity (Wildman–Crippen MR) is 53.6 cm³/mol. The van der Waals surface area contributed by atoms with Crippen molar-refractivity contribution in [1.82, 2.24) is 0 Å². The first kappa shape index (κ1) is 9.33. The zero-order chi connectivity index (χ0) is 11.1. The largest absolute Gasteiger partial charge is 0.370 e. The van der Waals surface area contributed by atoms with Crippen LogP contribution in [0.25, 0.3) is 0 Å². The second-order valence-corrected chi connectivity index (χ2v) is 5.51. The van der Waals surface area contributed by atoms with Crippen molar-refractivity contribution in [1.29, 1.82) is 0 Å². The van der Waals surface area contributed by atoms with Crippen LogP contribution in [0.15, 0.2) is 11.6 Å². The average Bonchev–Trinajstić information content (AvgIpc) is 2.80. The maximum absolute atomic E-state index is 11.9. The third kappa shape index (κ3) is 0.937. The summed E-state index contributed by atoms with van der Waals surface area (Å²) in [5, 5.41) is 0. The highest BCUT2D eigenvalue weighted by Gasteiger charge is 2.65. The monoisotopic (exact) mass is 222 g/mol. The fourth-order valence-electron chi connectivity index (χ4n) is 3.65. The predicted octanol–water partition coefficient (Wildman–Crippen LogP) is 0.660. The summed E-state index contributed by atoms with van der Waals surface area (Å²) < 4.78 is 17.5. The molecule has 4 heteroatoms. The van der Waals surface area contributed by atoms with E-state index >= 15 is 0 Å². The third-order valence-corrected chi connectivity index (χ3v) is 4.11. The molecule has 5 atom stereocenters. The van der Waals surface area contributed by atoms with Gasteiger partial charge in [0.15, 0.2) is 11.6 Å². The lowest BCUT2D eigenvalue weighted by Gasteiger charge is -2.22. The van der Waals surface area contributed by atoms with Gasteiger partial charge in [-0.05, 0) is 25.5 Å². The molecule has 4 aliphatic rings. The zero-order valence-electron chi connectivity index (χ0n) is 9.30. The molecule has 1 saturated carbocycles. The molecule has 2 aliphatic carbocycles. The molecule has 4 rings (SSSR count). The summed E-state index contributed by atoms with van der Waals surface area (Å²) in [6.45, 7) is 4.37. The Morgan fingerprint density at radius 2 is 1.94 bits per heavy atom. The van der Waals surface area contributed by atoms with Crippen molar-refractivity contribution in [2.75, 3.05) is 6.61 Å². The van der Waals surface area contributed by atoms with Gasteiger partial charge < -0.3 is 14.2 Å². The lowest BCUT2D eigenvalue weighted by atomic mass is 9.94. The molecule has 0 amide bonds. The van der Waals surface area contributed by atoms with Crippen LogP contribution in [0.4, 0.5) is 0 Å². The summed E-state index contributed by atoms with van der Waals surface area (Å²) in [6.07, 6.45) is 1.58. The van der Waals surface area contributed by atoms with Crippen molar-refractivity contribution in [2.45, 2.75) is 37.9 Å². The van der Waals surface area contributed by atoms with Crippen LogP contribution in [-0.4, -0.2) is 36.5 Å². The maximum atomic E-state index is 11.9. The standard InChI is InChI=1S/C12H14O4/c1-12(2)15-10-8-6(13)3-5-4-14-9(7(5)8)11(10)16-12/h3,7-11H,4H2,1-2H3/t7-,8+,9-,10+,11-/m0/s1. The number of fused-ring (bicyclic) bond motifs is 3. The van der Waals surface area contributed by atoms with E-state index in [0.717, 1.165) is 5.57 Å². The Balaban J connectivity index is 1.77. The minimum atomic E-state index is -0.588. The normalized spacial score (nSPS) is 51.8. The van der Waals surface area contributed by atoms with Gasteiger partial charge in [-0.15, -0.1) is 0 Å². The molecular formula is C12H14O4. The number of ketones is 1. The fourth-order valence-corrected chi connectivity index (χ4v) is 3.65. The second-order valence-electron chi connectivity index (χ2n) is 5.51. The zero-order valence-corrected chi connectivity index (χ0v) is 9.30. The third-order valence-electron chi connectivity index (χ3n) is 4.11. The van der Waals surface area contributed by atoms with Gasteiger partial charge in [0.25, 0.3) is 0 Å². The van der Waals surface area contributed by atoms with Gasteiger partial charge in [0.05, 0.1) is 18.6 Å². The lowest BCUT2D eigenvalue weighted by molar-refractivity contribution is -0.171. The van der Waals surface area contributed by atoms with Crippen LogP contribution in [-0.2, 0) is 19.0 Å². The topological polar surface area (TPSA) is 44.8 Å². The quantitative estimate of drug-likeness (QED) is 0.604. The van der Waals surface area contributed by atoms with Gasteiger partial charge in [-0.1, -0.05) is 0 Å². The van der Waals surface area contributed by atoms with Gasteiger partial charge >= 0.3 is 0 Å². The molecule has 2 aliphatic heterocycles. The summed E-state index contributed by atoms with van der Waals surface area (Å²) in [7, 11) is 0. The van der Waals surface area contributed by atoms with E-state index in [2.05, 4.69) is 0 Å². The molecule has 0 N–H and O–H groups in total. The van der Waals surface area contributed by atoms with E-state index in [0.29, 0.717) is 6.61 Å². The van der Waals surface area contributed by atoms with E-state index in [9.17, 15) is 4.79 Å². The summed E-state index contributed by atoms with van der Waals surface area (Å²) >= 11 is 0. The molecule has 3 fully saturated rings. The first-order valence-electron chi connectivity index (χ1n) is 5.78. The highest BCUT2D eigenvalue weighted by Crippen LogP contribution is 2.54. The smallest absolute Gasteiger partial charge is 0.163 e. The lowest BCUT2D eigenvalue weighted by Crippen LogP contribution is -2.30. The minimum Gasteiger partial charge on any atom is -0.370 e. The Kier molecular flexibility index (Phi) is 1.50. The molecule has 0 aromatic heterocycles. The van der Waals surface area contributed by atoms with Gasteiger partial charge in [-0.2, -0.15) is 0 Å². The van der Waals surface area contributed by atoms with Crippen LogP contribution in [0.5, 0.6) is 0 Å². The average molecular weight is 222 g/mol. The fraction of sp³-hybridized carbons (Fsp3) is 0.750. The van der Waals surface area contributed by atoms with E-state index in [1.54, 1.807) is 6.08 Å². The molecular weight excluding hydrogens is 208 g/mol. The first-order valence-corrected chi connectivity index (χ1v) is 5.78. The first-order chi connectivity index (χ1) is 7.57.